The summed E-state index contributed by atoms with van der Waals surface area (Å²) < 4.78 is 0. The quantitative estimate of drug-likeness (QED) is 0.526. The molecule has 0 unspecified atom stereocenters. The first-order valence-corrected chi connectivity index (χ1v) is 5.69. The number of hydrogen-bond donors (Lipinski definition) is 0. The molecule has 0 N–H and O–H groups in total. The Hall–Kier alpha value is -1.45. The fraction of sp³-hybridized carbons (Fsp3) is 0.583. The van der Waals surface area contributed by atoms with E-state index in [1.54, 1.807) is 0 Å². The number of imide groups is 1. The molecule has 2 rings (SSSR count). The molecule has 0 aromatic rings. The van der Waals surface area contributed by atoms with Gasteiger partial charge in [0.05, 0.1) is 0 Å². The molecule has 1 aliphatic heterocycles. The zero-order valence-corrected chi connectivity index (χ0v) is 9.09. The molecule has 0 aromatic carbocycles. The van der Waals surface area contributed by atoms with Crippen molar-refractivity contribution in [1.29, 1.82) is 0 Å². The van der Waals surface area contributed by atoms with Crippen molar-refractivity contribution in [3.8, 4) is 0 Å². The van der Waals surface area contributed by atoms with Crippen molar-refractivity contribution in [3.63, 3.8) is 0 Å². The maximum absolute atomic E-state index is 11.3. The van der Waals surface area contributed by atoms with Gasteiger partial charge in [-0.05, 0) is 31.6 Å². The van der Waals surface area contributed by atoms with E-state index in [1.807, 2.05) is 0 Å². The summed E-state index contributed by atoms with van der Waals surface area (Å²) in [6.07, 6.45) is 7.29. The summed E-state index contributed by atoms with van der Waals surface area (Å²) in [6.45, 7) is 0.510. The average molecular weight is 221 g/mol. The van der Waals surface area contributed by atoms with Gasteiger partial charge in [0.2, 0.25) is 0 Å². The van der Waals surface area contributed by atoms with Crippen LogP contribution in [-0.4, -0.2) is 29.5 Å². The first-order valence-electron chi connectivity index (χ1n) is 5.69. The average Bonchev–Trinajstić information content (AvgIpc) is 2.62. The van der Waals surface area contributed by atoms with E-state index >= 15 is 0 Å². The zero-order valence-electron chi connectivity index (χ0n) is 9.09. The monoisotopic (exact) mass is 221 g/mol. The molecule has 2 aliphatic rings. The predicted molar refractivity (Wildman–Crippen MR) is 57.4 cm³/mol. The van der Waals surface area contributed by atoms with E-state index in [9.17, 15) is 14.4 Å². The number of aldehydes is 1. The molecule has 86 valence electrons. The minimum absolute atomic E-state index is 0.180. The molecule has 1 heterocycles. The van der Waals surface area contributed by atoms with Gasteiger partial charge < -0.3 is 4.79 Å². The van der Waals surface area contributed by atoms with Crippen LogP contribution in [0.4, 0.5) is 0 Å². The highest BCUT2D eigenvalue weighted by Crippen LogP contribution is 2.28. The summed E-state index contributed by atoms with van der Waals surface area (Å²) in [6, 6.07) is 0. The van der Waals surface area contributed by atoms with Crippen LogP contribution in [0.5, 0.6) is 0 Å². The number of hydrogen-bond acceptors (Lipinski definition) is 3. The third-order valence-electron chi connectivity index (χ3n) is 3.43. The summed E-state index contributed by atoms with van der Waals surface area (Å²) in [5, 5.41) is 0. The summed E-state index contributed by atoms with van der Waals surface area (Å²) in [7, 11) is 0. The van der Waals surface area contributed by atoms with Gasteiger partial charge >= 0.3 is 0 Å². The van der Waals surface area contributed by atoms with Gasteiger partial charge in [-0.15, -0.1) is 0 Å². The van der Waals surface area contributed by atoms with Gasteiger partial charge in [0, 0.05) is 24.6 Å². The smallest absolute Gasteiger partial charge is 0.253 e. The minimum atomic E-state index is -0.206. The second-order valence-electron chi connectivity index (χ2n) is 4.54. The number of rotatable bonds is 3. The molecular formula is C12H15NO3. The van der Waals surface area contributed by atoms with Crippen molar-refractivity contribution >= 4 is 18.1 Å². The van der Waals surface area contributed by atoms with Crippen LogP contribution >= 0.6 is 0 Å². The number of carbonyl (C=O) groups is 3. The Kier molecular flexibility index (Phi) is 3.17. The van der Waals surface area contributed by atoms with E-state index in [2.05, 4.69) is 0 Å². The van der Waals surface area contributed by atoms with Gasteiger partial charge in [0.25, 0.3) is 11.8 Å². The van der Waals surface area contributed by atoms with E-state index < -0.39 is 0 Å². The van der Waals surface area contributed by atoms with Gasteiger partial charge in [-0.25, -0.2) is 0 Å². The molecule has 4 heteroatoms. The second kappa shape index (κ2) is 4.60. The van der Waals surface area contributed by atoms with Crippen LogP contribution in [0.15, 0.2) is 12.2 Å². The molecule has 0 bridgehead atoms. The zero-order chi connectivity index (χ0) is 11.5. The SMILES string of the molecule is O=CC1CCC(CN2C(=O)C=CC2=O)CC1. The van der Waals surface area contributed by atoms with Gasteiger partial charge in [0.15, 0.2) is 0 Å². The second-order valence-corrected chi connectivity index (χ2v) is 4.54. The Morgan fingerprint density at radius 1 is 1.12 bits per heavy atom. The fourth-order valence-electron chi connectivity index (χ4n) is 2.38. The van der Waals surface area contributed by atoms with Crippen molar-refractivity contribution in [2.45, 2.75) is 25.7 Å². The summed E-state index contributed by atoms with van der Waals surface area (Å²) in [5.41, 5.74) is 0. The van der Waals surface area contributed by atoms with Gasteiger partial charge in [-0.1, -0.05) is 0 Å². The van der Waals surface area contributed by atoms with Crippen LogP contribution in [0.1, 0.15) is 25.7 Å². The first kappa shape index (κ1) is 11.0. The highest BCUT2D eigenvalue weighted by atomic mass is 16.2. The largest absolute Gasteiger partial charge is 0.303 e. The normalized spacial score (nSPS) is 29.9. The third kappa shape index (κ3) is 2.21. The Balaban J connectivity index is 1.85. The van der Waals surface area contributed by atoms with Crippen molar-refractivity contribution in [1.82, 2.24) is 4.90 Å². The van der Waals surface area contributed by atoms with Gasteiger partial charge in [-0.3, -0.25) is 14.5 Å². The molecule has 0 saturated heterocycles. The maximum Gasteiger partial charge on any atom is 0.253 e. The molecule has 0 spiro atoms. The van der Waals surface area contributed by atoms with Crippen LogP contribution in [0, 0.1) is 11.8 Å². The van der Waals surface area contributed by atoms with E-state index in [0.29, 0.717) is 12.5 Å². The Labute approximate surface area is 94.3 Å². The van der Waals surface area contributed by atoms with Crippen molar-refractivity contribution in [2.75, 3.05) is 6.54 Å². The molecule has 0 aromatic heterocycles. The van der Waals surface area contributed by atoms with Crippen molar-refractivity contribution < 1.29 is 14.4 Å². The highest BCUT2D eigenvalue weighted by molar-refractivity contribution is 6.12. The highest BCUT2D eigenvalue weighted by Gasteiger charge is 2.28. The Bertz CT molecular complexity index is 322. The molecule has 1 aliphatic carbocycles. The summed E-state index contributed by atoms with van der Waals surface area (Å²) >= 11 is 0. The van der Waals surface area contributed by atoms with E-state index in [0.717, 1.165) is 32.0 Å². The molecule has 0 radical (unpaired) electrons. The molecule has 4 nitrogen and oxygen atoms in total. The summed E-state index contributed by atoms with van der Waals surface area (Å²) in [4.78, 5) is 34.6. The van der Waals surface area contributed by atoms with Gasteiger partial charge in [-0.2, -0.15) is 0 Å². The lowest BCUT2D eigenvalue weighted by atomic mass is 9.82. The Morgan fingerprint density at radius 2 is 1.69 bits per heavy atom. The maximum atomic E-state index is 11.3. The molecule has 1 fully saturated rings. The lowest BCUT2D eigenvalue weighted by Gasteiger charge is -2.28. The molecule has 0 atom stereocenters. The van der Waals surface area contributed by atoms with Crippen LogP contribution < -0.4 is 0 Å². The first-order chi connectivity index (χ1) is 7.70. The van der Waals surface area contributed by atoms with Crippen LogP contribution in [0.2, 0.25) is 0 Å². The lowest BCUT2D eigenvalue weighted by molar-refractivity contribution is -0.137. The Morgan fingerprint density at radius 3 is 2.19 bits per heavy atom. The number of carbonyl (C=O) groups excluding carboxylic acids is 3. The van der Waals surface area contributed by atoms with Gasteiger partial charge in [0.1, 0.15) is 6.29 Å². The fourth-order valence-corrected chi connectivity index (χ4v) is 2.38. The third-order valence-corrected chi connectivity index (χ3v) is 3.43. The van der Waals surface area contributed by atoms with E-state index in [4.69, 9.17) is 0 Å². The standard InChI is InChI=1S/C12H15NO3/c14-8-10-3-1-9(2-4-10)7-13-11(15)5-6-12(13)16/h5-6,8-10H,1-4,7H2. The lowest BCUT2D eigenvalue weighted by Crippen LogP contribution is -2.36. The molecular weight excluding hydrogens is 206 g/mol. The summed E-state index contributed by atoms with van der Waals surface area (Å²) in [5.74, 6) is 0.133. The molecule has 1 saturated carbocycles. The van der Waals surface area contributed by atoms with Crippen molar-refractivity contribution in [3.05, 3.63) is 12.2 Å². The van der Waals surface area contributed by atoms with E-state index in [1.165, 1.54) is 17.1 Å². The topological polar surface area (TPSA) is 54.5 Å². The predicted octanol–water partition coefficient (Wildman–Crippen LogP) is 0.917. The van der Waals surface area contributed by atoms with Crippen LogP contribution in [0.3, 0.4) is 0 Å². The molecule has 2 amide bonds. The number of nitrogens with zero attached hydrogens (tertiary/aromatic N) is 1. The van der Waals surface area contributed by atoms with Crippen LogP contribution in [-0.2, 0) is 14.4 Å². The number of amides is 2. The van der Waals surface area contributed by atoms with Crippen molar-refractivity contribution in [2.24, 2.45) is 11.8 Å². The van der Waals surface area contributed by atoms with E-state index in [-0.39, 0.29) is 17.7 Å². The minimum Gasteiger partial charge on any atom is -0.303 e. The molecule has 16 heavy (non-hydrogen) atoms. The van der Waals surface area contributed by atoms with Crippen LogP contribution in [0.25, 0.3) is 0 Å².